The fourth-order valence-electron chi connectivity index (χ4n) is 1.61. The molecule has 0 heterocycles. The van der Waals surface area contributed by atoms with Crippen LogP contribution in [-0.2, 0) is 14.2 Å². The SMILES string of the molecule is CCNC(=NCCCOCCOC)NCCOCCC(C)C.I. The molecule has 6 nitrogen and oxygen atoms in total. The Kier molecular flexibility index (Phi) is 21.8. The van der Waals surface area contributed by atoms with Crippen LogP contribution < -0.4 is 10.6 Å². The molecule has 0 aromatic carbocycles. The van der Waals surface area contributed by atoms with Gasteiger partial charge >= 0.3 is 0 Å². The van der Waals surface area contributed by atoms with Crippen molar-refractivity contribution < 1.29 is 14.2 Å². The van der Waals surface area contributed by atoms with Crippen LogP contribution in [0.2, 0.25) is 0 Å². The van der Waals surface area contributed by atoms with E-state index in [1.165, 1.54) is 0 Å². The molecule has 0 aliphatic carbocycles. The molecule has 0 fully saturated rings. The number of nitrogens with one attached hydrogen (secondary N) is 2. The molecule has 0 saturated heterocycles. The first-order valence-electron chi connectivity index (χ1n) is 8.37. The maximum Gasteiger partial charge on any atom is 0.191 e. The quantitative estimate of drug-likeness (QED) is 0.186. The van der Waals surface area contributed by atoms with Gasteiger partial charge in [0.1, 0.15) is 0 Å². The molecule has 0 spiro atoms. The topological polar surface area (TPSA) is 64.1 Å². The van der Waals surface area contributed by atoms with Gasteiger partial charge in [-0.1, -0.05) is 13.8 Å². The molecule has 0 aliphatic heterocycles. The summed E-state index contributed by atoms with van der Waals surface area (Å²) in [6.07, 6.45) is 2.02. The summed E-state index contributed by atoms with van der Waals surface area (Å²) >= 11 is 0. The van der Waals surface area contributed by atoms with Gasteiger partial charge in [-0.05, 0) is 25.7 Å². The molecule has 0 aromatic heterocycles. The van der Waals surface area contributed by atoms with Gasteiger partial charge in [-0.3, -0.25) is 4.99 Å². The highest BCUT2D eigenvalue weighted by molar-refractivity contribution is 14.0. The number of guanidine groups is 1. The van der Waals surface area contributed by atoms with Crippen molar-refractivity contribution in [1.82, 2.24) is 10.6 Å². The van der Waals surface area contributed by atoms with E-state index in [0.29, 0.717) is 32.3 Å². The van der Waals surface area contributed by atoms with Crippen molar-refractivity contribution in [3.8, 4) is 0 Å². The van der Waals surface area contributed by atoms with Crippen LogP contribution >= 0.6 is 24.0 Å². The summed E-state index contributed by atoms with van der Waals surface area (Å²) in [5.41, 5.74) is 0. The van der Waals surface area contributed by atoms with Gasteiger partial charge in [-0.25, -0.2) is 0 Å². The minimum Gasteiger partial charge on any atom is -0.382 e. The lowest BCUT2D eigenvalue weighted by molar-refractivity contribution is 0.0702. The molecule has 2 N–H and O–H groups in total. The molecule has 0 aliphatic rings. The number of ether oxygens (including phenoxy) is 3. The van der Waals surface area contributed by atoms with Crippen molar-refractivity contribution in [3.05, 3.63) is 0 Å². The van der Waals surface area contributed by atoms with Gasteiger partial charge in [-0.2, -0.15) is 0 Å². The number of hydrogen-bond acceptors (Lipinski definition) is 4. The molecule has 0 atom stereocenters. The van der Waals surface area contributed by atoms with Crippen LogP contribution in [0.3, 0.4) is 0 Å². The third-order valence-corrected chi connectivity index (χ3v) is 2.87. The van der Waals surface area contributed by atoms with E-state index >= 15 is 0 Å². The number of aliphatic imine (C=N–C) groups is 1. The second-order valence-corrected chi connectivity index (χ2v) is 5.44. The minimum absolute atomic E-state index is 0. The Hall–Kier alpha value is -0.120. The normalized spacial score (nSPS) is 11.4. The number of halogens is 1. The minimum atomic E-state index is 0. The summed E-state index contributed by atoms with van der Waals surface area (Å²) in [5, 5.41) is 6.50. The van der Waals surface area contributed by atoms with Crippen LogP contribution in [0.15, 0.2) is 4.99 Å². The van der Waals surface area contributed by atoms with Gasteiger partial charge in [0.2, 0.25) is 0 Å². The van der Waals surface area contributed by atoms with Gasteiger partial charge in [0.15, 0.2) is 5.96 Å². The van der Waals surface area contributed by atoms with Crippen LogP contribution in [0.4, 0.5) is 0 Å². The first-order chi connectivity index (χ1) is 10.7. The molecule has 0 radical (unpaired) electrons. The molecule has 7 heteroatoms. The van der Waals surface area contributed by atoms with E-state index in [-0.39, 0.29) is 24.0 Å². The molecular formula is C16H36IN3O3. The Balaban J connectivity index is 0. The summed E-state index contributed by atoms with van der Waals surface area (Å²) in [6.45, 7) is 12.4. The second kappa shape index (κ2) is 19.9. The van der Waals surface area contributed by atoms with Crippen molar-refractivity contribution in [2.45, 2.75) is 33.6 Å². The molecule has 0 saturated carbocycles. The van der Waals surface area contributed by atoms with E-state index in [0.717, 1.165) is 45.0 Å². The predicted molar refractivity (Wildman–Crippen MR) is 107 cm³/mol. The van der Waals surface area contributed by atoms with Gasteiger partial charge < -0.3 is 24.8 Å². The summed E-state index contributed by atoms with van der Waals surface area (Å²) < 4.78 is 15.9. The zero-order valence-corrected chi connectivity index (χ0v) is 17.6. The van der Waals surface area contributed by atoms with Gasteiger partial charge in [-0.15, -0.1) is 24.0 Å². The van der Waals surface area contributed by atoms with Crippen molar-refractivity contribution in [3.63, 3.8) is 0 Å². The van der Waals surface area contributed by atoms with E-state index in [1.807, 2.05) is 0 Å². The predicted octanol–water partition coefficient (Wildman–Crippen LogP) is 2.28. The van der Waals surface area contributed by atoms with Crippen molar-refractivity contribution in [2.75, 3.05) is 59.8 Å². The Labute approximate surface area is 159 Å². The Morgan fingerprint density at radius 2 is 1.74 bits per heavy atom. The van der Waals surface area contributed by atoms with Crippen molar-refractivity contribution >= 4 is 29.9 Å². The number of nitrogens with zero attached hydrogens (tertiary/aromatic N) is 1. The van der Waals surface area contributed by atoms with E-state index in [4.69, 9.17) is 14.2 Å². The summed E-state index contributed by atoms with van der Waals surface area (Å²) in [6, 6.07) is 0. The Morgan fingerprint density at radius 3 is 2.39 bits per heavy atom. The molecule has 0 aromatic rings. The lowest BCUT2D eigenvalue weighted by atomic mass is 10.1. The maximum atomic E-state index is 5.58. The molecular weight excluding hydrogens is 409 g/mol. The summed E-state index contributed by atoms with van der Waals surface area (Å²) in [4.78, 5) is 4.50. The van der Waals surface area contributed by atoms with Crippen LogP contribution in [-0.4, -0.2) is 65.7 Å². The molecule has 0 amide bonds. The molecule has 0 unspecified atom stereocenters. The van der Waals surface area contributed by atoms with Crippen LogP contribution in [0.1, 0.15) is 33.6 Å². The van der Waals surface area contributed by atoms with Crippen LogP contribution in [0.5, 0.6) is 0 Å². The van der Waals surface area contributed by atoms with Crippen molar-refractivity contribution in [2.24, 2.45) is 10.9 Å². The number of methoxy groups -OCH3 is 1. The molecule has 23 heavy (non-hydrogen) atoms. The van der Waals surface area contributed by atoms with Gasteiger partial charge in [0.25, 0.3) is 0 Å². The fraction of sp³-hybridized carbons (Fsp3) is 0.938. The average Bonchev–Trinajstić information content (AvgIpc) is 2.49. The third-order valence-electron chi connectivity index (χ3n) is 2.87. The van der Waals surface area contributed by atoms with E-state index in [1.54, 1.807) is 7.11 Å². The number of rotatable bonds is 14. The monoisotopic (exact) mass is 445 g/mol. The zero-order chi connectivity index (χ0) is 16.5. The summed E-state index contributed by atoms with van der Waals surface area (Å²) in [5.74, 6) is 1.53. The fourth-order valence-corrected chi connectivity index (χ4v) is 1.61. The molecule has 0 rings (SSSR count). The summed E-state index contributed by atoms with van der Waals surface area (Å²) in [7, 11) is 1.68. The number of hydrogen-bond donors (Lipinski definition) is 2. The smallest absolute Gasteiger partial charge is 0.191 e. The largest absolute Gasteiger partial charge is 0.382 e. The highest BCUT2D eigenvalue weighted by Gasteiger charge is 1.97. The lowest BCUT2D eigenvalue weighted by Crippen LogP contribution is -2.39. The second-order valence-electron chi connectivity index (χ2n) is 5.44. The molecule has 0 bridgehead atoms. The highest BCUT2D eigenvalue weighted by atomic mass is 127. The first kappa shape index (κ1) is 25.1. The standard InChI is InChI=1S/C16H35N3O3.HI/c1-5-17-16(18-8-6-10-21-14-13-20-4)19-9-12-22-11-7-15(2)3;/h15H,5-14H2,1-4H3,(H2,17,18,19);1H. The third kappa shape index (κ3) is 19.8. The zero-order valence-electron chi connectivity index (χ0n) is 15.2. The maximum absolute atomic E-state index is 5.58. The van der Waals surface area contributed by atoms with Crippen molar-refractivity contribution in [1.29, 1.82) is 0 Å². The Bertz CT molecular complexity index is 267. The lowest BCUT2D eigenvalue weighted by Gasteiger charge is -2.12. The van der Waals surface area contributed by atoms with E-state index in [9.17, 15) is 0 Å². The van der Waals surface area contributed by atoms with Gasteiger partial charge in [0.05, 0.1) is 19.8 Å². The van der Waals surface area contributed by atoms with Crippen LogP contribution in [0.25, 0.3) is 0 Å². The average molecular weight is 445 g/mol. The Morgan fingerprint density at radius 1 is 1.00 bits per heavy atom. The van der Waals surface area contributed by atoms with Gasteiger partial charge in [0, 0.05) is 40.0 Å². The van der Waals surface area contributed by atoms with E-state index < -0.39 is 0 Å². The van der Waals surface area contributed by atoms with Crippen LogP contribution in [0, 0.1) is 5.92 Å². The first-order valence-corrected chi connectivity index (χ1v) is 8.37. The van der Waals surface area contributed by atoms with E-state index in [2.05, 4.69) is 36.4 Å². The highest BCUT2D eigenvalue weighted by Crippen LogP contribution is 1.98. The molecule has 140 valence electrons.